The third kappa shape index (κ3) is 3.13. The second-order valence-corrected chi connectivity index (χ2v) is 8.09. The van der Waals surface area contributed by atoms with Crippen LogP contribution in [0.4, 0.5) is 0 Å². The second kappa shape index (κ2) is 6.28. The standard InChI is InChI=1S/C18H32N2O/c1-18(2,16-5-3-4-6-16)17(21)20-11-8-14(9-12-20)15-7-10-19-13-15/h14-16,19H,3-13H2,1-2H3. The molecular weight excluding hydrogens is 260 g/mol. The molecule has 3 aliphatic rings. The van der Waals surface area contributed by atoms with Gasteiger partial charge in [-0.2, -0.15) is 0 Å². The van der Waals surface area contributed by atoms with Gasteiger partial charge in [-0.25, -0.2) is 0 Å². The number of hydrogen-bond donors (Lipinski definition) is 1. The van der Waals surface area contributed by atoms with Gasteiger partial charge < -0.3 is 10.2 Å². The average Bonchev–Trinajstić information content (AvgIpc) is 3.19. The minimum absolute atomic E-state index is 0.141. The van der Waals surface area contributed by atoms with Gasteiger partial charge in [0, 0.05) is 18.5 Å². The van der Waals surface area contributed by atoms with Crippen molar-refractivity contribution in [3.8, 4) is 0 Å². The fraction of sp³-hybridized carbons (Fsp3) is 0.944. The van der Waals surface area contributed by atoms with Crippen LogP contribution < -0.4 is 5.32 Å². The predicted molar refractivity (Wildman–Crippen MR) is 86.0 cm³/mol. The molecule has 0 radical (unpaired) electrons. The highest BCUT2D eigenvalue weighted by Gasteiger charge is 2.41. The maximum Gasteiger partial charge on any atom is 0.228 e. The summed E-state index contributed by atoms with van der Waals surface area (Å²) in [5, 5.41) is 3.48. The van der Waals surface area contributed by atoms with Gasteiger partial charge in [0.05, 0.1) is 0 Å². The molecule has 1 atom stereocenters. The zero-order chi connectivity index (χ0) is 14.9. The molecule has 2 aliphatic heterocycles. The molecule has 0 aromatic rings. The number of amides is 1. The number of hydrogen-bond acceptors (Lipinski definition) is 2. The summed E-state index contributed by atoms with van der Waals surface area (Å²) in [6, 6.07) is 0. The van der Waals surface area contributed by atoms with Gasteiger partial charge in [0.15, 0.2) is 0 Å². The average molecular weight is 292 g/mol. The van der Waals surface area contributed by atoms with E-state index in [0.29, 0.717) is 11.8 Å². The van der Waals surface area contributed by atoms with E-state index in [4.69, 9.17) is 0 Å². The Morgan fingerprint density at radius 1 is 1.00 bits per heavy atom. The van der Waals surface area contributed by atoms with Gasteiger partial charge in [0.2, 0.25) is 5.91 Å². The monoisotopic (exact) mass is 292 g/mol. The number of likely N-dealkylation sites (tertiary alicyclic amines) is 1. The maximum atomic E-state index is 12.9. The molecular formula is C18H32N2O. The van der Waals surface area contributed by atoms with E-state index in [1.54, 1.807) is 0 Å². The zero-order valence-electron chi connectivity index (χ0n) is 13.9. The molecule has 21 heavy (non-hydrogen) atoms. The van der Waals surface area contributed by atoms with Gasteiger partial charge in [-0.3, -0.25) is 4.79 Å². The number of nitrogens with one attached hydrogen (secondary N) is 1. The van der Waals surface area contributed by atoms with Crippen molar-refractivity contribution in [1.82, 2.24) is 10.2 Å². The Morgan fingerprint density at radius 3 is 2.24 bits per heavy atom. The number of carbonyl (C=O) groups is 1. The minimum Gasteiger partial charge on any atom is -0.342 e. The molecule has 1 unspecified atom stereocenters. The Morgan fingerprint density at radius 2 is 1.67 bits per heavy atom. The van der Waals surface area contributed by atoms with Crippen LogP contribution in [0.1, 0.15) is 58.8 Å². The van der Waals surface area contributed by atoms with Crippen molar-refractivity contribution >= 4 is 5.91 Å². The van der Waals surface area contributed by atoms with Gasteiger partial charge in [-0.05, 0) is 62.9 Å². The third-order valence-electron chi connectivity index (χ3n) is 6.52. The molecule has 1 saturated carbocycles. The Hall–Kier alpha value is -0.570. The number of rotatable bonds is 3. The number of nitrogens with zero attached hydrogens (tertiary/aromatic N) is 1. The van der Waals surface area contributed by atoms with Crippen LogP contribution in [0.2, 0.25) is 0 Å². The van der Waals surface area contributed by atoms with Gasteiger partial charge in [-0.1, -0.05) is 26.7 Å². The van der Waals surface area contributed by atoms with E-state index in [-0.39, 0.29) is 5.41 Å². The molecule has 1 aliphatic carbocycles. The van der Waals surface area contributed by atoms with Crippen molar-refractivity contribution < 1.29 is 4.79 Å². The van der Waals surface area contributed by atoms with Crippen LogP contribution in [0, 0.1) is 23.2 Å². The third-order valence-corrected chi connectivity index (χ3v) is 6.52. The lowest BCUT2D eigenvalue weighted by atomic mass is 9.75. The highest BCUT2D eigenvalue weighted by molar-refractivity contribution is 5.82. The van der Waals surface area contributed by atoms with Crippen LogP contribution in [-0.4, -0.2) is 37.0 Å². The van der Waals surface area contributed by atoms with Crippen molar-refractivity contribution in [3.63, 3.8) is 0 Å². The molecule has 3 heteroatoms. The molecule has 1 amide bonds. The normalized spacial score (nSPS) is 29.2. The van der Waals surface area contributed by atoms with Crippen molar-refractivity contribution in [2.45, 2.75) is 58.8 Å². The minimum atomic E-state index is -0.141. The molecule has 0 aromatic heterocycles. The van der Waals surface area contributed by atoms with E-state index >= 15 is 0 Å². The van der Waals surface area contributed by atoms with Crippen molar-refractivity contribution in [2.75, 3.05) is 26.2 Å². The first-order chi connectivity index (χ1) is 10.1. The summed E-state index contributed by atoms with van der Waals surface area (Å²) in [5.74, 6) is 2.75. The molecule has 3 rings (SSSR count). The molecule has 0 spiro atoms. The Kier molecular flexibility index (Phi) is 4.58. The summed E-state index contributed by atoms with van der Waals surface area (Å²) in [6.07, 6.45) is 8.92. The Labute approximate surface area is 129 Å². The van der Waals surface area contributed by atoms with Crippen LogP contribution >= 0.6 is 0 Å². The molecule has 3 fully saturated rings. The highest BCUT2D eigenvalue weighted by Crippen LogP contribution is 2.41. The first kappa shape index (κ1) is 15.3. The molecule has 120 valence electrons. The highest BCUT2D eigenvalue weighted by atomic mass is 16.2. The zero-order valence-corrected chi connectivity index (χ0v) is 13.9. The number of carbonyl (C=O) groups excluding carboxylic acids is 1. The van der Waals surface area contributed by atoms with Crippen molar-refractivity contribution in [2.24, 2.45) is 23.2 Å². The van der Waals surface area contributed by atoms with Crippen LogP contribution in [0.25, 0.3) is 0 Å². The van der Waals surface area contributed by atoms with Crippen LogP contribution in [0.3, 0.4) is 0 Å². The lowest BCUT2D eigenvalue weighted by molar-refractivity contribution is -0.145. The van der Waals surface area contributed by atoms with Crippen LogP contribution in [0.15, 0.2) is 0 Å². The van der Waals surface area contributed by atoms with Gasteiger partial charge in [-0.15, -0.1) is 0 Å². The van der Waals surface area contributed by atoms with E-state index < -0.39 is 0 Å². The topological polar surface area (TPSA) is 32.3 Å². The van der Waals surface area contributed by atoms with E-state index in [9.17, 15) is 4.79 Å². The summed E-state index contributed by atoms with van der Waals surface area (Å²) >= 11 is 0. The first-order valence-electron chi connectivity index (χ1n) is 9.09. The van der Waals surface area contributed by atoms with Gasteiger partial charge in [0.1, 0.15) is 0 Å². The molecule has 2 saturated heterocycles. The van der Waals surface area contributed by atoms with Crippen LogP contribution in [0.5, 0.6) is 0 Å². The smallest absolute Gasteiger partial charge is 0.228 e. The maximum absolute atomic E-state index is 12.9. The SMILES string of the molecule is CC(C)(C(=O)N1CCC(C2CCNC2)CC1)C1CCCC1. The molecule has 0 aromatic carbocycles. The summed E-state index contributed by atoms with van der Waals surface area (Å²) in [5.41, 5.74) is -0.141. The molecule has 3 nitrogen and oxygen atoms in total. The van der Waals surface area contributed by atoms with E-state index in [1.165, 1.54) is 58.0 Å². The summed E-state index contributed by atoms with van der Waals surface area (Å²) in [6.45, 7) is 8.77. The first-order valence-corrected chi connectivity index (χ1v) is 9.09. The fourth-order valence-corrected chi connectivity index (χ4v) is 4.88. The van der Waals surface area contributed by atoms with Crippen molar-refractivity contribution in [1.29, 1.82) is 0 Å². The van der Waals surface area contributed by atoms with Crippen molar-refractivity contribution in [3.05, 3.63) is 0 Å². The van der Waals surface area contributed by atoms with E-state index in [0.717, 1.165) is 24.9 Å². The predicted octanol–water partition coefficient (Wildman–Crippen LogP) is 3.05. The summed E-state index contributed by atoms with van der Waals surface area (Å²) in [4.78, 5) is 15.1. The molecule has 2 heterocycles. The Balaban J connectivity index is 1.54. The Bertz CT molecular complexity index is 359. The fourth-order valence-electron chi connectivity index (χ4n) is 4.88. The molecule has 1 N–H and O–H groups in total. The quantitative estimate of drug-likeness (QED) is 0.867. The second-order valence-electron chi connectivity index (χ2n) is 8.09. The van der Waals surface area contributed by atoms with Gasteiger partial charge in [0.25, 0.3) is 0 Å². The van der Waals surface area contributed by atoms with Crippen LogP contribution in [-0.2, 0) is 4.79 Å². The van der Waals surface area contributed by atoms with E-state index in [2.05, 4.69) is 24.1 Å². The van der Waals surface area contributed by atoms with Gasteiger partial charge >= 0.3 is 0 Å². The lowest BCUT2D eigenvalue weighted by Crippen LogP contribution is -2.48. The number of piperidine rings is 1. The summed E-state index contributed by atoms with van der Waals surface area (Å²) in [7, 11) is 0. The molecule has 0 bridgehead atoms. The summed E-state index contributed by atoms with van der Waals surface area (Å²) < 4.78 is 0. The largest absolute Gasteiger partial charge is 0.342 e. The van der Waals surface area contributed by atoms with E-state index in [1.807, 2.05) is 0 Å². The lowest BCUT2D eigenvalue weighted by Gasteiger charge is -2.40.